The van der Waals surface area contributed by atoms with Gasteiger partial charge in [0, 0.05) is 36.3 Å². The lowest BCUT2D eigenvalue weighted by atomic mass is 9.90. The van der Waals surface area contributed by atoms with Crippen LogP contribution in [-0.2, 0) is 0 Å². The van der Waals surface area contributed by atoms with Gasteiger partial charge in [0.05, 0.1) is 5.69 Å². The van der Waals surface area contributed by atoms with Crippen LogP contribution in [-0.4, -0.2) is 30.5 Å². The van der Waals surface area contributed by atoms with Crippen LogP contribution < -0.4 is 10.2 Å². The lowest BCUT2D eigenvalue weighted by Crippen LogP contribution is -2.47. The number of aromatic hydroxyl groups is 1. The van der Waals surface area contributed by atoms with Gasteiger partial charge in [-0.15, -0.1) is 11.8 Å². The van der Waals surface area contributed by atoms with Gasteiger partial charge < -0.3 is 15.3 Å². The molecule has 2 aromatic rings. The average molecular weight is 401 g/mol. The van der Waals surface area contributed by atoms with E-state index in [2.05, 4.69) is 32.2 Å². The Morgan fingerprint density at radius 1 is 1.11 bits per heavy atom. The van der Waals surface area contributed by atoms with E-state index in [1.807, 2.05) is 73.2 Å². The topological polar surface area (TPSA) is 35.5 Å². The largest absolute Gasteiger partial charge is 0.506 e. The Morgan fingerprint density at radius 2 is 1.71 bits per heavy atom. The molecule has 2 atom stereocenters. The Morgan fingerprint density at radius 3 is 2.21 bits per heavy atom. The normalized spacial score (nSPS) is 21.1. The minimum absolute atomic E-state index is 0.201. The summed E-state index contributed by atoms with van der Waals surface area (Å²) in [6, 6.07) is 16.4. The van der Waals surface area contributed by atoms with Crippen molar-refractivity contribution in [2.24, 2.45) is 0 Å². The maximum atomic E-state index is 10.3. The van der Waals surface area contributed by atoms with Crippen molar-refractivity contribution in [3.05, 3.63) is 54.1 Å². The molecule has 154 valence electrons. The Kier molecular flexibility index (Phi) is 8.71. The standard InChI is InChI=1S/C18H30N2OS.C6H6/c1-6-8-9-18(7-2)12-22-17-11-16(21)15(20(4)5)10-14(17)13(3)19-18;1-2-4-6-5-3-1/h10-11,13,19,21H,6-9,12H2,1-5H3;1-6H/t13-,18-;/m1./s1. The van der Waals surface area contributed by atoms with Gasteiger partial charge in [0.2, 0.25) is 0 Å². The van der Waals surface area contributed by atoms with Crippen molar-refractivity contribution in [2.45, 2.75) is 62.9 Å². The molecule has 0 saturated carbocycles. The van der Waals surface area contributed by atoms with E-state index in [-0.39, 0.29) is 5.54 Å². The van der Waals surface area contributed by atoms with E-state index in [9.17, 15) is 5.11 Å². The number of phenols is 1. The van der Waals surface area contributed by atoms with Crippen LogP contribution in [0.4, 0.5) is 5.69 Å². The number of hydrogen-bond donors (Lipinski definition) is 2. The third kappa shape index (κ3) is 5.92. The maximum Gasteiger partial charge on any atom is 0.139 e. The van der Waals surface area contributed by atoms with Gasteiger partial charge in [-0.2, -0.15) is 0 Å². The molecule has 0 unspecified atom stereocenters. The molecule has 0 aromatic heterocycles. The van der Waals surface area contributed by atoms with Gasteiger partial charge in [-0.3, -0.25) is 0 Å². The molecule has 0 saturated heterocycles. The van der Waals surface area contributed by atoms with Crippen LogP contribution in [0.1, 0.15) is 58.1 Å². The molecule has 3 rings (SSSR count). The molecule has 3 nitrogen and oxygen atoms in total. The number of thioether (sulfide) groups is 1. The van der Waals surface area contributed by atoms with E-state index in [4.69, 9.17) is 0 Å². The van der Waals surface area contributed by atoms with Crippen LogP contribution in [0.2, 0.25) is 0 Å². The van der Waals surface area contributed by atoms with Crippen molar-refractivity contribution < 1.29 is 5.11 Å². The molecule has 0 amide bonds. The number of nitrogens with zero attached hydrogens (tertiary/aromatic N) is 1. The Labute approximate surface area is 175 Å². The first-order chi connectivity index (χ1) is 13.4. The van der Waals surface area contributed by atoms with Gasteiger partial charge >= 0.3 is 0 Å². The van der Waals surface area contributed by atoms with E-state index < -0.39 is 0 Å². The summed E-state index contributed by atoms with van der Waals surface area (Å²) < 4.78 is 0. The van der Waals surface area contributed by atoms with Crippen LogP contribution in [0.3, 0.4) is 0 Å². The predicted octanol–water partition coefficient (Wildman–Crippen LogP) is 6.24. The summed E-state index contributed by atoms with van der Waals surface area (Å²) in [4.78, 5) is 3.19. The summed E-state index contributed by atoms with van der Waals surface area (Å²) in [5, 5.41) is 14.2. The number of nitrogens with one attached hydrogen (secondary N) is 1. The first kappa shape index (κ1) is 22.6. The first-order valence-electron chi connectivity index (χ1n) is 10.4. The van der Waals surface area contributed by atoms with Gasteiger partial charge in [-0.05, 0) is 37.5 Å². The number of phenolic OH excluding ortho intramolecular Hbond substituents is 1. The fourth-order valence-corrected chi connectivity index (χ4v) is 5.08. The number of rotatable bonds is 5. The molecule has 2 N–H and O–H groups in total. The molecule has 1 aliphatic heterocycles. The Hall–Kier alpha value is -1.65. The van der Waals surface area contributed by atoms with E-state index >= 15 is 0 Å². The minimum atomic E-state index is 0.201. The number of benzene rings is 2. The first-order valence-corrected chi connectivity index (χ1v) is 11.4. The summed E-state index contributed by atoms with van der Waals surface area (Å²) in [6.07, 6.45) is 4.86. The highest BCUT2D eigenvalue weighted by Crippen LogP contribution is 2.42. The molecule has 0 spiro atoms. The van der Waals surface area contributed by atoms with Crippen LogP contribution in [0, 0.1) is 0 Å². The number of fused-ring (bicyclic) bond motifs is 1. The molecular formula is C24H36N2OS. The summed E-state index contributed by atoms with van der Waals surface area (Å²) >= 11 is 1.89. The Balaban J connectivity index is 0.000000397. The zero-order valence-electron chi connectivity index (χ0n) is 18.0. The molecular weight excluding hydrogens is 364 g/mol. The molecule has 4 heteroatoms. The minimum Gasteiger partial charge on any atom is -0.506 e. The summed E-state index contributed by atoms with van der Waals surface area (Å²) in [6.45, 7) is 6.79. The molecule has 28 heavy (non-hydrogen) atoms. The number of hydrogen-bond acceptors (Lipinski definition) is 4. The van der Waals surface area contributed by atoms with Crippen molar-refractivity contribution in [2.75, 3.05) is 24.7 Å². The summed E-state index contributed by atoms with van der Waals surface area (Å²) in [7, 11) is 3.95. The van der Waals surface area contributed by atoms with Gasteiger partial charge in [0.25, 0.3) is 0 Å². The van der Waals surface area contributed by atoms with E-state index in [0.29, 0.717) is 11.8 Å². The summed E-state index contributed by atoms with van der Waals surface area (Å²) in [5.74, 6) is 1.45. The molecule has 0 bridgehead atoms. The lowest BCUT2D eigenvalue weighted by molar-refractivity contribution is 0.290. The predicted molar refractivity (Wildman–Crippen MR) is 124 cm³/mol. The monoisotopic (exact) mass is 400 g/mol. The quantitative estimate of drug-likeness (QED) is 0.623. The van der Waals surface area contributed by atoms with E-state index in [0.717, 1.165) is 17.9 Å². The Bertz CT molecular complexity index is 693. The highest BCUT2D eigenvalue weighted by molar-refractivity contribution is 7.99. The van der Waals surface area contributed by atoms with Crippen molar-refractivity contribution >= 4 is 17.4 Å². The second kappa shape index (κ2) is 10.8. The fraction of sp³-hybridized carbons (Fsp3) is 0.500. The molecule has 0 fully saturated rings. The van der Waals surface area contributed by atoms with Crippen LogP contribution in [0.15, 0.2) is 53.4 Å². The van der Waals surface area contributed by atoms with Crippen LogP contribution in [0.25, 0.3) is 0 Å². The van der Waals surface area contributed by atoms with Crippen molar-refractivity contribution in [3.8, 4) is 5.75 Å². The van der Waals surface area contributed by atoms with Crippen molar-refractivity contribution in [1.29, 1.82) is 0 Å². The smallest absolute Gasteiger partial charge is 0.139 e. The number of anilines is 1. The van der Waals surface area contributed by atoms with Gasteiger partial charge in [-0.1, -0.05) is 63.1 Å². The highest BCUT2D eigenvalue weighted by atomic mass is 32.2. The molecule has 2 aromatic carbocycles. The highest BCUT2D eigenvalue weighted by Gasteiger charge is 2.33. The molecule has 1 heterocycles. The molecule has 1 aliphatic rings. The fourth-order valence-electron chi connectivity index (χ4n) is 3.62. The van der Waals surface area contributed by atoms with E-state index in [1.165, 1.54) is 29.7 Å². The SMILES string of the molecule is CCCC[C@]1(CC)CSc2cc(O)c(N(C)C)cc2[C@@H](C)N1.c1ccccc1. The second-order valence-electron chi connectivity index (χ2n) is 7.82. The third-order valence-electron chi connectivity index (χ3n) is 5.43. The summed E-state index contributed by atoms with van der Waals surface area (Å²) in [5.41, 5.74) is 2.40. The molecule has 0 aliphatic carbocycles. The zero-order valence-corrected chi connectivity index (χ0v) is 18.9. The second-order valence-corrected chi connectivity index (χ2v) is 8.84. The van der Waals surface area contributed by atoms with Gasteiger partial charge in [0.15, 0.2) is 0 Å². The lowest BCUT2D eigenvalue weighted by Gasteiger charge is -2.35. The molecule has 0 radical (unpaired) electrons. The van der Waals surface area contributed by atoms with E-state index in [1.54, 1.807) is 0 Å². The van der Waals surface area contributed by atoms with Crippen LogP contribution in [0.5, 0.6) is 5.75 Å². The van der Waals surface area contributed by atoms with Gasteiger partial charge in [0.1, 0.15) is 5.75 Å². The third-order valence-corrected chi connectivity index (χ3v) is 6.80. The van der Waals surface area contributed by atoms with Gasteiger partial charge in [-0.25, -0.2) is 0 Å². The maximum absolute atomic E-state index is 10.3. The van der Waals surface area contributed by atoms with Crippen LogP contribution >= 0.6 is 11.8 Å². The zero-order chi connectivity index (χ0) is 20.6. The number of unbranched alkanes of at least 4 members (excludes halogenated alkanes) is 1. The van der Waals surface area contributed by atoms with Crippen molar-refractivity contribution in [3.63, 3.8) is 0 Å². The average Bonchev–Trinajstić information content (AvgIpc) is 2.84. The van der Waals surface area contributed by atoms with Crippen molar-refractivity contribution in [1.82, 2.24) is 5.32 Å².